The van der Waals surface area contributed by atoms with Crippen molar-refractivity contribution in [2.75, 3.05) is 44.8 Å². The molecule has 2 aromatic heterocycles. The molecule has 126 valence electrons. The summed E-state index contributed by atoms with van der Waals surface area (Å²) >= 11 is 0. The zero-order valence-electron chi connectivity index (χ0n) is 14.6. The fourth-order valence-electron chi connectivity index (χ4n) is 3.11. The number of aromatic nitrogens is 3. The fourth-order valence-corrected chi connectivity index (χ4v) is 3.11. The van der Waals surface area contributed by atoms with Crippen molar-refractivity contribution in [1.82, 2.24) is 19.5 Å². The van der Waals surface area contributed by atoms with E-state index in [1.165, 1.54) is 0 Å². The highest BCUT2D eigenvalue weighted by Gasteiger charge is 2.20. The van der Waals surface area contributed by atoms with Crippen LogP contribution in [-0.4, -0.2) is 65.4 Å². The molecular formula is C17H27N5O. The number of hydrogen-bond acceptors (Lipinski definition) is 5. The van der Waals surface area contributed by atoms with Crippen molar-refractivity contribution in [3.8, 4) is 0 Å². The van der Waals surface area contributed by atoms with Gasteiger partial charge in [-0.25, -0.2) is 4.98 Å². The van der Waals surface area contributed by atoms with Crippen LogP contribution in [0.2, 0.25) is 0 Å². The Morgan fingerprint density at radius 3 is 2.70 bits per heavy atom. The van der Waals surface area contributed by atoms with Crippen LogP contribution in [0.4, 0.5) is 5.82 Å². The minimum Gasteiger partial charge on any atom is -0.379 e. The summed E-state index contributed by atoms with van der Waals surface area (Å²) in [5.41, 5.74) is 2.02. The summed E-state index contributed by atoms with van der Waals surface area (Å²) < 4.78 is 7.38. The minimum absolute atomic E-state index is 0.402. The number of hydrogen-bond donors (Lipinski definition) is 0. The van der Waals surface area contributed by atoms with Crippen molar-refractivity contribution in [3.63, 3.8) is 0 Å². The van der Waals surface area contributed by atoms with Crippen molar-refractivity contribution in [2.24, 2.45) is 0 Å². The van der Waals surface area contributed by atoms with Crippen LogP contribution >= 0.6 is 0 Å². The van der Waals surface area contributed by atoms with E-state index in [1.807, 2.05) is 16.8 Å². The van der Waals surface area contributed by atoms with Crippen molar-refractivity contribution < 1.29 is 4.74 Å². The minimum atomic E-state index is 0.402. The van der Waals surface area contributed by atoms with Crippen LogP contribution in [0.3, 0.4) is 0 Å². The van der Waals surface area contributed by atoms with E-state index in [0.717, 1.165) is 50.0 Å². The molecule has 1 saturated heterocycles. The molecule has 0 spiro atoms. The van der Waals surface area contributed by atoms with E-state index >= 15 is 0 Å². The molecule has 1 atom stereocenters. The summed E-state index contributed by atoms with van der Waals surface area (Å²) in [5, 5.41) is 4.44. The molecule has 2 aromatic rings. The van der Waals surface area contributed by atoms with Gasteiger partial charge in [0.05, 0.1) is 19.4 Å². The molecule has 3 heterocycles. The van der Waals surface area contributed by atoms with Crippen molar-refractivity contribution in [2.45, 2.75) is 32.7 Å². The van der Waals surface area contributed by atoms with Crippen molar-refractivity contribution in [1.29, 1.82) is 0 Å². The second-order valence-electron chi connectivity index (χ2n) is 6.67. The number of morpholine rings is 1. The first-order valence-corrected chi connectivity index (χ1v) is 8.44. The smallest absolute Gasteiger partial charge is 0.157 e. The lowest BCUT2D eigenvalue weighted by Gasteiger charge is -2.35. The molecule has 0 amide bonds. The Balaban J connectivity index is 1.81. The van der Waals surface area contributed by atoms with E-state index < -0.39 is 0 Å². The van der Waals surface area contributed by atoms with E-state index in [-0.39, 0.29) is 0 Å². The average Bonchev–Trinajstić information content (AvgIpc) is 3.03. The molecule has 1 aliphatic heterocycles. The number of likely N-dealkylation sites (N-methyl/N-ethyl adjacent to an activating group) is 1. The summed E-state index contributed by atoms with van der Waals surface area (Å²) in [4.78, 5) is 9.47. The molecule has 0 aromatic carbocycles. The first-order valence-electron chi connectivity index (χ1n) is 8.44. The third-order valence-corrected chi connectivity index (χ3v) is 4.55. The molecular weight excluding hydrogens is 290 g/mol. The van der Waals surface area contributed by atoms with Gasteiger partial charge in [0.15, 0.2) is 5.65 Å². The molecule has 3 rings (SSSR count). The summed E-state index contributed by atoms with van der Waals surface area (Å²) in [6.07, 6.45) is 1.81. The van der Waals surface area contributed by atoms with Gasteiger partial charge in [-0.1, -0.05) is 13.8 Å². The molecule has 0 aliphatic carbocycles. The summed E-state index contributed by atoms with van der Waals surface area (Å²) in [6.45, 7) is 11.3. The van der Waals surface area contributed by atoms with Crippen LogP contribution in [0.25, 0.3) is 5.65 Å². The second kappa shape index (κ2) is 6.84. The number of nitrogens with zero attached hydrogens (tertiary/aromatic N) is 5. The second-order valence-corrected chi connectivity index (χ2v) is 6.67. The van der Waals surface area contributed by atoms with Gasteiger partial charge in [-0.15, -0.1) is 0 Å². The van der Waals surface area contributed by atoms with E-state index in [0.29, 0.717) is 12.0 Å². The lowest BCUT2D eigenvalue weighted by Crippen LogP contribution is -2.47. The number of fused-ring (bicyclic) bond motifs is 1. The SMILES string of the molecule is CC(C)c1cc(N(C)CC(C)N2CCOCC2)n2nccc2n1. The quantitative estimate of drug-likeness (QED) is 0.844. The third-order valence-electron chi connectivity index (χ3n) is 4.55. The molecule has 23 heavy (non-hydrogen) atoms. The molecule has 0 N–H and O–H groups in total. The lowest BCUT2D eigenvalue weighted by molar-refractivity contribution is 0.0217. The van der Waals surface area contributed by atoms with Gasteiger partial charge in [0, 0.05) is 50.6 Å². The predicted octanol–water partition coefficient (Wildman–Crippen LogP) is 2.01. The highest BCUT2D eigenvalue weighted by molar-refractivity contribution is 5.51. The maximum atomic E-state index is 5.45. The Kier molecular flexibility index (Phi) is 4.82. The van der Waals surface area contributed by atoms with Crippen LogP contribution in [0.1, 0.15) is 32.4 Å². The predicted molar refractivity (Wildman–Crippen MR) is 92.2 cm³/mol. The normalized spacial score (nSPS) is 17.8. The van der Waals surface area contributed by atoms with E-state index in [2.05, 4.69) is 48.8 Å². The summed E-state index contributed by atoms with van der Waals surface area (Å²) in [7, 11) is 2.14. The van der Waals surface area contributed by atoms with E-state index in [1.54, 1.807) is 0 Å². The molecule has 0 radical (unpaired) electrons. The molecule has 1 unspecified atom stereocenters. The molecule has 0 bridgehead atoms. The fraction of sp³-hybridized carbons (Fsp3) is 0.647. The monoisotopic (exact) mass is 317 g/mol. The number of anilines is 1. The van der Waals surface area contributed by atoms with Gasteiger partial charge in [0.1, 0.15) is 5.82 Å². The van der Waals surface area contributed by atoms with Gasteiger partial charge in [0.2, 0.25) is 0 Å². The Morgan fingerprint density at radius 1 is 1.26 bits per heavy atom. The first-order chi connectivity index (χ1) is 11.1. The van der Waals surface area contributed by atoms with Crippen LogP contribution in [0.5, 0.6) is 0 Å². The maximum Gasteiger partial charge on any atom is 0.157 e. The van der Waals surface area contributed by atoms with Crippen molar-refractivity contribution in [3.05, 3.63) is 24.0 Å². The van der Waals surface area contributed by atoms with Gasteiger partial charge in [-0.3, -0.25) is 4.90 Å². The lowest BCUT2D eigenvalue weighted by atomic mass is 10.1. The third kappa shape index (κ3) is 3.48. The summed E-state index contributed by atoms with van der Waals surface area (Å²) in [5.74, 6) is 1.50. The van der Waals surface area contributed by atoms with Gasteiger partial charge in [-0.05, 0) is 12.8 Å². The highest BCUT2D eigenvalue weighted by Crippen LogP contribution is 2.21. The van der Waals surface area contributed by atoms with Crippen LogP contribution in [-0.2, 0) is 4.74 Å². The van der Waals surface area contributed by atoms with Gasteiger partial charge >= 0.3 is 0 Å². The first kappa shape index (κ1) is 16.2. The molecule has 0 saturated carbocycles. The van der Waals surface area contributed by atoms with E-state index in [4.69, 9.17) is 9.72 Å². The molecule has 6 nitrogen and oxygen atoms in total. The van der Waals surface area contributed by atoms with E-state index in [9.17, 15) is 0 Å². The van der Waals surface area contributed by atoms with Gasteiger partial charge in [-0.2, -0.15) is 9.61 Å². The van der Waals surface area contributed by atoms with Gasteiger partial charge in [0.25, 0.3) is 0 Å². The topological polar surface area (TPSA) is 45.9 Å². The molecule has 6 heteroatoms. The largest absolute Gasteiger partial charge is 0.379 e. The van der Waals surface area contributed by atoms with Crippen LogP contribution < -0.4 is 4.90 Å². The molecule has 1 fully saturated rings. The zero-order valence-corrected chi connectivity index (χ0v) is 14.6. The highest BCUT2D eigenvalue weighted by atomic mass is 16.5. The Labute approximate surface area is 138 Å². The average molecular weight is 317 g/mol. The number of rotatable bonds is 5. The van der Waals surface area contributed by atoms with Crippen LogP contribution in [0, 0.1) is 0 Å². The number of ether oxygens (including phenoxy) is 1. The maximum absolute atomic E-state index is 5.45. The molecule has 1 aliphatic rings. The Bertz CT molecular complexity index is 647. The van der Waals surface area contributed by atoms with Crippen LogP contribution in [0.15, 0.2) is 18.3 Å². The standard InChI is InChI=1S/C17H27N5O/c1-13(2)15-11-17(22-16(19-15)5-6-18-22)20(4)12-14(3)21-7-9-23-10-8-21/h5-6,11,13-14H,7-10,12H2,1-4H3. The Morgan fingerprint density at radius 2 is 2.00 bits per heavy atom. The van der Waals surface area contributed by atoms with Crippen molar-refractivity contribution >= 4 is 11.5 Å². The van der Waals surface area contributed by atoms with Gasteiger partial charge < -0.3 is 9.64 Å². The summed E-state index contributed by atoms with van der Waals surface area (Å²) in [6, 6.07) is 4.61. The zero-order chi connectivity index (χ0) is 16.4. The Hall–Kier alpha value is -1.66.